The third-order valence-corrected chi connectivity index (χ3v) is 3.53. The first-order valence-corrected chi connectivity index (χ1v) is 7.52. The Morgan fingerprint density at radius 3 is 2.21 bits per heavy atom. The molecule has 0 aliphatic carbocycles. The van der Waals surface area contributed by atoms with Crippen molar-refractivity contribution in [2.24, 2.45) is 0 Å². The van der Waals surface area contributed by atoms with Crippen LogP contribution in [-0.4, -0.2) is 49.1 Å². The second-order valence-electron chi connectivity index (χ2n) is 5.01. The first-order chi connectivity index (χ1) is 9.14. The van der Waals surface area contributed by atoms with E-state index in [-0.39, 0.29) is 0 Å². The molecule has 0 radical (unpaired) electrons. The number of nitrogens with zero attached hydrogens (tertiary/aromatic N) is 2. The molecule has 1 saturated heterocycles. The molecule has 2 heteroatoms. The number of unbranched alkanes of at least 4 members (excludes halogenated alkanes) is 1. The van der Waals surface area contributed by atoms with Crippen LogP contribution in [0.1, 0.15) is 33.6 Å². The summed E-state index contributed by atoms with van der Waals surface area (Å²) in [4.78, 5) is 4.87. The Balaban J connectivity index is 0.000000711. The molecule has 1 unspecified atom stereocenters. The minimum absolute atomic E-state index is 0.476. The van der Waals surface area contributed by atoms with Crippen molar-refractivity contribution in [3.05, 3.63) is 37.0 Å². The van der Waals surface area contributed by atoms with Crippen LogP contribution >= 0.6 is 0 Å². The van der Waals surface area contributed by atoms with Crippen LogP contribution in [0.5, 0.6) is 0 Å². The molecule has 1 aliphatic rings. The summed E-state index contributed by atoms with van der Waals surface area (Å²) in [5.41, 5.74) is 1.28. The summed E-state index contributed by atoms with van der Waals surface area (Å²) in [6.45, 7) is 18.7. The van der Waals surface area contributed by atoms with Crippen LogP contribution < -0.4 is 0 Å². The molecule has 0 N–H and O–H groups in total. The fourth-order valence-electron chi connectivity index (χ4n) is 2.10. The maximum absolute atomic E-state index is 3.89. The van der Waals surface area contributed by atoms with E-state index in [1.165, 1.54) is 18.4 Å². The summed E-state index contributed by atoms with van der Waals surface area (Å²) >= 11 is 0. The minimum Gasteiger partial charge on any atom is -0.303 e. The quantitative estimate of drug-likeness (QED) is 0.698. The molecule has 0 aromatic heterocycles. The predicted molar refractivity (Wildman–Crippen MR) is 87.6 cm³/mol. The molecule has 0 aromatic carbocycles. The first-order valence-electron chi connectivity index (χ1n) is 7.52. The molecule has 0 bridgehead atoms. The predicted octanol–water partition coefficient (Wildman–Crippen LogP) is 3.73. The Morgan fingerprint density at radius 1 is 1.16 bits per heavy atom. The van der Waals surface area contributed by atoms with E-state index in [0.717, 1.165) is 26.2 Å². The van der Waals surface area contributed by atoms with Gasteiger partial charge in [-0.05, 0) is 19.2 Å². The molecule has 0 spiro atoms. The number of rotatable bonds is 5. The molecule has 1 heterocycles. The molecule has 0 aromatic rings. The van der Waals surface area contributed by atoms with E-state index in [9.17, 15) is 0 Å². The van der Waals surface area contributed by atoms with Crippen molar-refractivity contribution in [3.63, 3.8) is 0 Å². The Morgan fingerprint density at radius 2 is 1.79 bits per heavy atom. The average Bonchev–Trinajstić information content (AvgIpc) is 2.45. The van der Waals surface area contributed by atoms with E-state index in [2.05, 4.69) is 56.9 Å². The summed E-state index contributed by atoms with van der Waals surface area (Å²) in [7, 11) is 2.18. The van der Waals surface area contributed by atoms with Gasteiger partial charge in [0.15, 0.2) is 0 Å². The van der Waals surface area contributed by atoms with Gasteiger partial charge in [0.05, 0.1) is 0 Å². The molecule has 1 aliphatic heterocycles. The van der Waals surface area contributed by atoms with Crippen LogP contribution in [0.4, 0.5) is 0 Å². The van der Waals surface area contributed by atoms with Gasteiger partial charge in [-0.1, -0.05) is 65.0 Å². The van der Waals surface area contributed by atoms with Gasteiger partial charge in [0, 0.05) is 25.7 Å². The Hall–Kier alpha value is -0.860. The second-order valence-corrected chi connectivity index (χ2v) is 5.01. The van der Waals surface area contributed by atoms with Crippen molar-refractivity contribution < 1.29 is 0 Å². The Bertz CT molecular complexity index is 279. The van der Waals surface area contributed by atoms with E-state index in [0.29, 0.717) is 6.04 Å². The number of likely N-dealkylation sites (N-methyl/N-ethyl adjacent to an activating group) is 2. The van der Waals surface area contributed by atoms with Crippen LogP contribution in [-0.2, 0) is 0 Å². The number of hydrogen-bond donors (Lipinski definition) is 0. The lowest BCUT2D eigenvalue weighted by molar-refractivity contribution is 0.116. The molecule has 19 heavy (non-hydrogen) atoms. The van der Waals surface area contributed by atoms with Crippen LogP contribution in [0.25, 0.3) is 0 Å². The molecule has 0 amide bonds. The SMILES string of the molecule is C=C/C=C(\C=C)C1CN(C)CCN1CC.CCCC. The number of hydrogen-bond acceptors (Lipinski definition) is 2. The van der Waals surface area contributed by atoms with Gasteiger partial charge in [-0.3, -0.25) is 4.90 Å². The topological polar surface area (TPSA) is 6.48 Å². The van der Waals surface area contributed by atoms with E-state index < -0.39 is 0 Å². The molecule has 1 rings (SSSR count). The summed E-state index contributed by atoms with van der Waals surface area (Å²) in [5, 5.41) is 0. The zero-order chi connectivity index (χ0) is 14.7. The molecule has 1 atom stereocenters. The van der Waals surface area contributed by atoms with Crippen molar-refractivity contribution in [1.29, 1.82) is 0 Å². The molecule has 110 valence electrons. The van der Waals surface area contributed by atoms with Gasteiger partial charge in [-0.15, -0.1) is 0 Å². The van der Waals surface area contributed by atoms with Crippen molar-refractivity contribution in [2.75, 3.05) is 33.2 Å². The van der Waals surface area contributed by atoms with Gasteiger partial charge in [0.2, 0.25) is 0 Å². The highest BCUT2D eigenvalue weighted by Crippen LogP contribution is 2.16. The van der Waals surface area contributed by atoms with Crippen molar-refractivity contribution in [1.82, 2.24) is 9.80 Å². The average molecular weight is 264 g/mol. The Labute approximate surface area is 120 Å². The fraction of sp³-hybridized carbons (Fsp3) is 0.647. The van der Waals surface area contributed by atoms with Crippen molar-refractivity contribution in [3.8, 4) is 0 Å². The first kappa shape index (κ1) is 18.1. The van der Waals surface area contributed by atoms with E-state index >= 15 is 0 Å². The maximum atomic E-state index is 3.89. The van der Waals surface area contributed by atoms with Crippen LogP contribution in [0.2, 0.25) is 0 Å². The van der Waals surface area contributed by atoms with Crippen LogP contribution in [0.3, 0.4) is 0 Å². The number of piperazine rings is 1. The monoisotopic (exact) mass is 264 g/mol. The molecule has 2 nitrogen and oxygen atoms in total. The lowest BCUT2D eigenvalue weighted by Crippen LogP contribution is -2.52. The lowest BCUT2D eigenvalue weighted by atomic mass is 10.0. The Kier molecular flexibility index (Phi) is 10.5. The van der Waals surface area contributed by atoms with Gasteiger partial charge < -0.3 is 4.90 Å². The third-order valence-electron chi connectivity index (χ3n) is 3.53. The smallest absolute Gasteiger partial charge is 0.0475 e. The highest BCUT2D eigenvalue weighted by atomic mass is 15.3. The largest absolute Gasteiger partial charge is 0.303 e. The molecular formula is C17H32N2. The zero-order valence-corrected chi connectivity index (χ0v) is 13.4. The summed E-state index contributed by atoms with van der Waals surface area (Å²) in [6.07, 6.45) is 8.51. The van der Waals surface area contributed by atoms with E-state index in [1.54, 1.807) is 0 Å². The normalized spacial score (nSPS) is 21.5. The zero-order valence-electron chi connectivity index (χ0n) is 13.4. The third kappa shape index (κ3) is 6.74. The summed E-state index contributed by atoms with van der Waals surface area (Å²) in [6, 6.07) is 0.476. The van der Waals surface area contributed by atoms with Gasteiger partial charge in [-0.25, -0.2) is 0 Å². The minimum atomic E-state index is 0.476. The highest BCUT2D eigenvalue weighted by molar-refractivity contribution is 5.27. The summed E-state index contributed by atoms with van der Waals surface area (Å²) < 4.78 is 0. The second kappa shape index (κ2) is 11.0. The fourth-order valence-corrected chi connectivity index (χ4v) is 2.10. The van der Waals surface area contributed by atoms with Crippen LogP contribution in [0, 0.1) is 0 Å². The standard InChI is InChI=1S/C13H22N2.C4H10/c1-5-8-12(6-2)13-11-14(4)9-10-15(13)7-3;1-3-4-2/h5-6,8,13H,1-2,7,9-11H2,3-4H3;3-4H2,1-2H3/b12-8+;. The molecule has 0 saturated carbocycles. The van der Waals surface area contributed by atoms with Gasteiger partial charge in [-0.2, -0.15) is 0 Å². The van der Waals surface area contributed by atoms with Crippen molar-refractivity contribution in [2.45, 2.75) is 39.7 Å². The van der Waals surface area contributed by atoms with E-state index in [1.807, 2.05) is 12.2 Å². The van der Waals surface area contributed by atoms with Crippen molar-refractivity contribution >= 4 is 0 Å². The van der Waals surface area contributed by atoms with E-state index in [4.69, 9.17) is 0 Å². The lowest BCUT2D eigenvalue weighted by Gasteiger charge is -2.40. The maximum Gasteiger partial charge on any atom is 0.0475 e. The molecular weight excluding hydrogens is 232 g/mol. The number of allylic oxidation sites excluding steroid dienone is 2. The van der Waals surface area contributed by atoms with Crippen LogP contribution in [0.15, 0.2) is 37.0 Å². The molecule has 1 fully saturated rings. The van der Waals surface area contributed by atoms with Gasteiger partial charge in [0.1, 0.15) is 0 Å². The summed E-state index contributed by atoms with van der Waals surface area (Å²) in [5.74, 6) is 0. The highest BCUT2D eigenvalue weighted by Gasteiger charge is 2.25. The van der Waals surface area contributed by atoms with Gasteiger partial charge >= 0.3 is 0 Å². The van der Waals surface area contributed by atoms with Gasteiger partial charge in [0.25, 0.3) is 0 Å².